The van der Waals surface area contributed by atoms with Gasteiger partial charge in [0.1, 0.15) is 11.3 Å². The highest BCUT2D eigenvalue weighted by molar-refractivity contribution is 7.22. The van der Waals surface area contributed by atoms with Crippen LogP contribution in [0.15, 0.2) is 45.6 Å². The molecule has 1 amide bonds. The number of ether oxygens (including phenoxy) is 2. The van der Waals surface area contributed by atoms with Gasteiger partial charge in [-0.05, 0) is 49.2 Å². The molecule has 2 aromatic heterocycles. The average Bonchev–Trinajstić information content (AvgIpc) is 3.27. The first-order valence-electron chi connectivity index (χ1n) is 11.2. The van der Waals surface area contributed by atoms with Crippen molar-refractivity contribution in [1.29, 1.82) is 0 Å². The molecule has 0 aliphatic carbocycles. The van der Waals surface area contributed by atoms with Crippen LogP contribution in [0.4, 0.5) is 10.8 Å². The first-order chi connectivity index (χ1) is 16.5. The number of amides is 1. The third-order valence-corrected chi connectivity index (χ3v) is 7.12. The maximum atomic E-state index is 12.6. The molecular weight excluding hydrogens is 454 g/mol. The lowest BCUT2D eigenvalue weighted by molar-refractivity contribution is -0.116. The molecule has 2 aromatic carbocycles. The molecule has 9 heteroatoms. The number of nitrogens with zero attached hydrogens (tertiary/aromatic N) is 2. The number of rotatable bonds is 6. The molecule has 3 heterocycles. The van der Waals surface area contributed by atoms with E-state index in [1.807, 2.05) is 37.3 Å². The number of hydrogen-bond acceptors (Lipinski definition) is 8. The lowest BCUT2D eigenvalue weighted by atomic mass is 10.0. The molecule has 0 radical (unpaired) electrons. The van der Waals surface area contributed by atoms with Gasteiger partial charge in [-0.25, -0.2) is 9.78 Å². The summed E-state index contributed by atoms with van der Waals surface area (Å²) in [6.45, 7) is 4.96. The summed E-state index contributed by atoms with van der Waals surface area (Å²) in [5, 5.41) is 4.75. The fourth-order valence-electron chi connectivity index (χ4n) is 4.13. The monoisotopic (exact) mass is 479 g/mol. The summed E-state index contributed by atoms with van der Waals surface area (Å²) in [6.07, 6.45) is 0.471. The number of anilines is 2. The van der Waals surface area contributed by atoms with Gasteiger partial charge in [0.2, 0.25) is 5.91 Å². The van der Waals surface area contributed by atoms with E-state index in [1.165, 1.54) is 0 Å². The zero-order valence-electron chi connectivity index (χ0n) is 19.1. The molecular formula is C25H25N3O5S. The number of methoxy groups -OCH3 is 1. The van der Waals surface area contributed by atoms with Crippen molar-refractivity contribution in [2.75, 3.05) is 43.6 Å². The minimum atomic E-state index is -0.423. The lowest BCUT2D eigenvalue weighted by Gasteiger charge is -2.25. The number of hydrogen-bond donors (Lipinski definition) is 1. The van der Waals surface area contributed by atoms with Crippen LogP contribution in [-0.4, -0.2) is 44.3 Å². The second kappa shape index (κ2) is 9.44. The maximum Gasteiger partial charge on any atom is 0.339 e. The van der Waals surface area contributed by atoms with E-state index in [2.05, 4.69) is 10.2 Å². The van der Waals surface area contributed by atoms with Crippen molar-refractivity contribution in [1.82, 2.24) is 4.98 Å². The first-order valence-corrected chi connectivity index (χ1v) is 12.0. The Morgan fingerprint density at radius 2 is 2.03 bits per heavy atom. The Morgan fingerprint density at radius 3 is 2.82 bits per heavy atom. The second-order valence-corrected chi connectivity index (χ2v) is 9.19. The number of aromatic nitrogens is 1. The Bertz CT molecular complexity index is 1420. The third kappa shape index (κ3) is 4.49. The van der Waals surface area contributed by atoms with Crippen LogP contribution in [0.2, 0.25) is 0 Å². The third-order valence-electron chi connectivity index (χ3n) is 6.04. The van der Waals surface area contributed by atoms with Gasteiger partial charge < -0.3 is 24.1 Å². The van der Waals surface area contributed by atoms with Gasteiger partial charge in [0.05, 0.1) is 30.5 Å². The van der Waals surface area contributed by atoms with Gasteiger partial charge in [0.25, 0.3) is 0 Å². The fourth-order valence-corrected chi connectivity index (χ4v) is 5.19. The van der Waals surface area contributed by atoms with Gasteiger partial charge in [0, 0.05) is 42.2 Å². The molecule has 4 aromatic rings. The molecule has 1 N–H and O–H groups in total. The van der Waals surface area contributed by atoms with Gasteiger partial charge >= 0.3 is 5.63 Å². The Kier molecular flexibility index (Phi) is 6.21. The average molecular weight is 480 g/mol. The molecule has 0 spiro atoms. The largest absolute Gasteiger partial charge is 0.497 e. The van der Waals surface area contributed by atoms with E-state index in [1.54, 1.807) is 24.5 Å². The summed E-state index contributed by atoms with van der Waals surface area (Å²) in [6, 6.07) is 11.1. The van der Waals surface area contributed by atoms with Crippen LogP contribution < -0.4 is 20.6 Å². The fraction of sp³-hybridized carbons (Fsp3) is 0.320. The molecule has 1 aliphatic rings. The first kappa shape index (κ1) is 22.4. The van der Waals surface area contributed by atoms with Gasteiger partial charge in [-0.3, -0.25) is 4.79 Å². The number of fused-ring (bicyclic) bond motifs is 2. The SMILES string of the molecule is COc1ccc2c(C)c(CCC(=O)Nc3ccc4nc(N5CCOCC5)sc4c3)c(=O)oc2c1. The molecule has 0 atom stereocenters. The highest BCUT2D eigenvalue weighted by atomic mass is 32.1. The summed E-state index contributed by atoms with van der Waals surface area (Å²) in [5.74, 6) is 0.461. The van der Waals surface area contributed by atoms with E-state index >= 15 is 0 Å². The Morgan fingerprint density at radius 1 is 1.21 bits per heavy atom. The molecule has 0 unspecified atom stereocenters. The minimum Gasteiger partial charge on any atom is -0.497 e. The van der Waals surface area contributed by atoms with E-state index in [4.69, 9.17) is 18.9 Å². The van der Waals surface area contributed by atoms with Crippen molar-refractivity contribution >= 4 is 49.2 Å². The normalized spacial score (nSPS) is 14.0. The van der Waals surface area contributed by atoms with E-state index in [-0.39, 0.29) is 12.3 Å². The number of aryl methyl sites for hydroxylation is 1. The van der Waals surface area contributed by atoms with Crippen molar-refractivity contribution in [2.45, 2.75) is 19.8 Å². The smallest absolute Gasteiger partial charge is 0.339 e. The molecule has 1 aliphatic heterocycles. The van der Waals surface area contributed by atoms with Crippen LogP contribution in [-0.2, 0) is 16.0 Å². The number of benzene rings is 2. The predicted molar refractivity (Wildman–Crippen MR) is 133 cm³/mol. The van der Waals surface area contributed by atoms with Crippen LogP contribution in [0.3, 0.4) is 0 Å². The van der Waals surface area contributed by atoms with Gasteiger partial charge in [-0.15, -0.1) is 0 Å². The molecule has 176 valence electrons. The summed E-state index contributed by atoms with van der Waals surface area (Å²) < 4.78 is 17.1. The predicted octanol–water partition coefficient (Wildman–Crippen LogP) is 4.13. The summed E-state index contributed by atoms with van der Waals surface area (Å²) >= 11 is 1.61. The van der Waals surface area contributed by atoms with E-state index in [0.717, 1.165) is 39.4 Å². The number of carbonyl (C=O) groups is 1. The van der Waals surface area contributed by atoms with E-state index in [0.29, 0.717) is 42.2 Å². The lowest BCUT2D eigenvalue weighted by Crippen LogP contribution is -2.36. The summed E-state index contributed by atoms with van der Waals surface area (Å²) in [4.78, 5) is 32.1. The number of morpholine rings is 1. The molecule has 0 saturated carbocycles. The van der Waals surface area contributed by atoms with Crippen molar-refractivity contribution in [3.05, 3.63) is 57.9 Å². The van der Waals surface area contributed by atoms with Gasteiger partial charge in [0.15, 0.2) is 5.13 Å². The number of thiazole rings is 1. The van der Waals surface area contributed by atoms with Crippen LogP contribution in [0.1, 0.15) is 17.5 Å². The molecule has 8 nitrogen and oxygen atoms in total. The zero-order valence-corrected chi connectivity index (χ0v) is 19.9. The number of nitrogens with one attached hydrogen (secondary N) is 1. The van der Waals surface area contributed by atoms with Crippen LogP contribution >= 0.6 is 11.3 Å². The Labute approximate surface area is 200 Å². The maximum absolute atomic E-state index is 12.6. The molecule has 1 fully saturated rings. The topological polar surface area (TPSA) is 93.9 Å². The Balaban J connectivity index is 1.28. The standard InChI is InChI=1S/C25H25N3O5S/c1-15-18-5-4-17(31-2)14-21(18)33-24(30)19(15)6-8-23(29)26-16-3-7-20-22(13-16)34-25(27-20)28-9-11-32-12-10-28/h3-5,7,13-14H,6,8-12H2,1-2H3,(H,26,29). The van der Waals surface area contributed by atoms with Gasteiger partial charge in [-0.2, -0.15) is 0 Å². The highest BCUT2D eigenvalue weighted by Crippen LogP contribution is 2.31. The van der Waals surface area contributed by atoms with Crippen LogP contribution in [0.5, 0.6) is 5.75 Å². The van der Waals surface area contributed by atoms with E-state index < -0.39 is 5.63 Å². The molecule has 5 rings (SSSR count). The summed E-state index contributed by atoms with van der Waals surface area (Å²) in [5.41, 5.74) is 3.01. The Hall–Kier alpha value is -3.43. The quantitative estimate of drug-likeness (QED) is 0.416. The van der Waals surface area contributed by atoms with Crippen molar-refractivity contribution in [3.63, 3.8) is 0 Å². The molecule has 34 heavy (non-hydrogen) atoms. The summed E-state index contributed by atoms with van der Waals surface area (Å²) in [7, 11) is 1.56. The van der Waals surface area contributed by atoms with Crippen molar-refractivity contribution < 1.29 is 18.7 Å². The van der Waals surface area contributed by atoms with Crippen molar-refractivity contribution in [2.24, 2.45) is 0 Å². The van der Waals surface area contributed by atoms with Crippen LogP contribution in [0.25, 0.3) is 21.2 Å². The minimum absolute atomic E-state index is 0.161. The van der Waals surface area contributed by atoms with Gasteiger partial charge in [-0.1, -0.05) is 11.3 Å². The van der Waals surface area contributed by atoms with E-state index in [9.17, 15) is 9.59 Å². The zero-order chi connectivity index (χ0) is 23.7. The number of carbonyl (C=O) groups excluding carboxylic acids is 1. The van der Waals surface area contributed by atoms with Crippen molar-refractivity contribution in [3.8, 4) is 5.75 Å². The highest BCUT2D eigenvalue weighted by Gasteiger charge is 2.17. The second-order valence-electron chi connectivity index (χ2n) is 8.18. The van der Waals surface area contributed by atoms with Crippen LogP contribution in [0, 0.1) is 6.92 Å². The molecule has 1 saturated heterocycles. The molecule has 0 bridgehead atoms.